The zero-order chi connectivity index (χ0) is 12.3. The van der Waals surface area contributed by atoms with Gasteiger partial charge >= 0.3 is 0 Å². The van der Waals surface area contributed by atoms with Crippen LogP contribution < -0.4 is 10.5 Å². The van der Waals surface area contributed by atoms with Crippen molar-refractivity contribution in [2.24, 2.45) is 5.92 Å². The average Bonchev–Trinajstić information content (AvgIpc) is 2.80. The molecule has 2 rings (SSSR count). The van der Waals surface area contributed by atoms with Crippen LogP contribution in [-0.4, -0.2) is 12.4 Å². The standard InChI is InChI=1S/C14H19NO2/c1-10(16)13-8-12(15)6-7-14(13)17-9-11-4-2-3-5-11/h6-8,11H,2-5,9,15H2,1H3. The van der Waals surface area contributed by atoms with Crippen LogP contribution in [0.25, 0.3) is 0 Å². The summed E-state index contributed by atoms with van der Waals surface area (Å²) < 4.78 is 5.76. The fourth-order valence-corrected chi connectivity index (χ4v) is 2.33. The molecule has 1 saturated carbocycles. The maximum absolute atomic E-state index is 11.5. The summed E-state index contributed by atoms with van der Waals surface area (Å²) in [4.78, 5) is 11.5. The zero-order valence-corrected chi connectivity index (χ0v) is 10.2. The van der Waals surface area contributed by atoms with E-state index >= 15 is 0 Å². The van der Waals surface area contributed by atoms with Gasteiger partial charge in [0.05, 0.1) is 12.2 Å². The van der Waals surface area contributed by atoms with E-state index in [4.69, 9.17) is 10.5 Å². The Kier molecular flexibility index (Phi) is 3.67. The third-order valence-electron chi connectivity index (χ3n) is 3.33. The number of carbonyl (C=O) groups is 1. The van der Waals surface area contributed by atoms with Crippen LogP contribution >= 0.6 is 0 Å². The molecule has 17 heavy (non-hydrogen) atoms. The van der Waals surface area contributed by atoms with Gasteiger partial charge in [-0.2, -0.15) is 0 Å². The Balaban J connectivity index is 2.06. The average molecular weight is 233 g/mol. The van der Waals surface area contributed by atoms with Crippen molar-refractivity contribution in [3.8, 4) is 5.75 Å². The lowest BCUT2D eigenvalue weighted by molar-refractivity contribution is 0.101. The minimum absolute atomic E-state index is 0.00118. The van der Waals surface area contributed by atoms with Crippen molar-refractivity contribution in [3.63, 3.8) is 0 Å². The molecule has 0 heterocycles. The van der Waals surface area contributed by atoms with Gasteiger partial charge in [0, 0.05) is 5.69 Å². The van der Waals surface area contributed by atoms with Crippen LogP contribution in [0.1, 0.15) is 43.0 Å². The van der Waals surface area contributed by atoms with Gasteiger partial charge < -0.3 is 10.5 Å². The summed E-state index contributed by atoms with van der Waals surface area (Å²) in [6.07, 6.45) is 5.08. The normalized spacial score (nSPS) is 16.1. The lowest BCUT2D eigenvalue weighted by atomic mass is 10.1. The summed E-state index contributed by atoms with van der Waals surface area (Å²) in [6.45, 7) is 2.25. The van der Waals surface area contributed by atoms with Gasteiger partial charge in [-0.3, -0.25) is 4.79 Å². The number of ether oxygens (including phenoxy) is 1. The Hall–Kier alpha value is -1.51. The molecule has 0 atom stereocenters. The van der Waals surface area contributed by atoms with Crippen LogP contribution in [0.4, 0.5) is 5.69 Å². The first kappa shape index (κ1) is 12.0. The molecule has 0 amide bonds. The molecule has 0 radical (unpaired) electrons. The van der Waals surface area contributed by atoms with Crippen LogP contribution in [0, 0.1) is 5.92 Å². The number of anilines is 1. The van der Waals surface area contributed by atoms with Crippen molar-refractivity contribution >= 4 is 11.5 Å². The lowest BCUT2D eigenvalue weighted by Crippen LogP contribution is -2.10. The molecule has 1 aliphatic carbocycles. The highest BCUT2D eigenvalue weighted by Crippen LogP contribution is 2.27. The largest absolute Gasteiger partial charge is 0.493 e. The Bertz CT molecular complexity index is 409. The minimum atomic E-state index is -0.00118. The Morgan fingerprint density at radius 3 is 2.76 bits per heavy atom. The number of nitrogens with two attached hydrogens (primary N) is 1. The molecule has 1 aromatic carbocycles. The highest BCUT2D eigenvalue weighted by molar-refractivity contribution is 5.97. The summed E-state index contributed by atoms with van der Waals surface area (Å²) in [5, 5.41) is 0. The van der Waals surface area contributed by atoms with E-state index in [2.05, 4.69) is 0 Å². The van der Waals surface area contributed by atoms with Gasteiger partial charge in [-0.15, -0.1) is 0 Å². The molecular formula is C14H19NO2. The number of carbonyl (C=O) groups excluding carboxylic acids is 1. The van der Waals surface area contributed by atoms with Crippen molar-refractivity contribution in [3.05, 3.63) is 23.8 Å². The highest BCUT2D eigenvalue weighted by atomic mass is 16.5. The van der Waals surface area contributed by atoms with E-state index in [9.17, 15) is 4.79 Å². The van der Waals surface area contributed by atoms with E-state index in [0.717, 1.165) is 0 Å². The van der Waals surface area contributed by atoms with E-state index in [1.807, 2.05) is 0 Å². The molecule has 0 unspecified atom stereocenters. The molecule has 0 spiro atoms. The maximum atomic E-state index is 11.5. The first-order valence-corrected chi connectivity index (χ1v) is 6.20. The van der Waals surface area contributed by atoms with Crippen molar-refractivity contribution < 1.29 is 9.53 Å². The molecule has 0 aromatic heterocycles. The summed E-state index contributed by atoms with van der Waals surface area (Å²) in [6, 6.07) is 5.25. The summed E-state index contributed by atoms with van der Waals surface area (Å²) in [7, 11) is 0. The third-order valence-corrected chi connectivity index (χ3v) is 3.33. The maximum Gasteiger partial charge on any atom is 0.163 e. The van der Waals surface area contributed by atoms with E-state index in [1.54, 1.807) is 18.2 Å². The number of hydrogen-bond acceptors (Lipinski definition) is 3. The molecular weight excluding hydrogens is 214 g/mol. The molecule has 1 aromatic rings. The lowest BCUT2D eigenvalue weighted by Gasteiger charge is -2.14. The second kappa shape index (κ2) is 5.21. The van der Waals surface area contributed by atoms with Crippen molar-refractivity contribution in [2.45, 2.75) is 32.6 Å². The monoisotopic (exact) mass is 233 g/mol. The van der Waals surface area contributed by atoms with Crippen LogP contribution in [-0.2, 0) is 0 Å². The third kappa shape index (κ3) is 2.99. The Labute approximate surface area is 102 Å². The fourth-order valence-electron chi connectivity index (χ4n) is 2.33. The zero-order valence-electron chi connectivity index (χ0n) is 10.2. The first-order valence-electron chi connectivity index (χ1n) is 6.20. The molecule has 2 N–H and O–H groups in total. The van der Waals surface area contributed by atoms with Gasteiger partial charge in [0.25, 0.3) is 0 Å². The van der Waals surface area contributed by atoms with E-state index in [1.165, 1.54) is 32.6 Å². The molecule has 0 bridgehead atoms. The number of ketones is 1. The number of rotatable bonds is 4. The van der Waals surface area contributed by atoms with E-state index in [-0.39, 0.29) is 5.78 Å². The molecule has 3 nitrogen and oxygen atoms in total. The van der Waals surface area contributed by atoms with Crippen LogP contribution in [0.15, 0.2) is 18.2 Å². The van der Waals surface area contributed by atoms with Gasteiger partial charge in [0.15, 0.2) is 5.78 Å². The number of nitrogen functional groups attached to an aromatic ring is 1. The van der Waals surface area contributed by atoms with Gasteiger partial charge in [-0.05, 0) is 43.9 Å². The van der Waals surface area contributed by atoms with Crippen LogP contribution in [0.3, 0.4) is 0 Å². The van der Waals surface area contributed by atoms with E-state index in [0.29, 0.717) is 29.5 Å². The van der Waals surface area contributed by atoms with Gasteiger partial charge in [-0.1, -0.05) is 12.8 Å². The molecule has 0 saturated heterocycles. The highest BCUT2D eigenvalue weighted by Gasteiger charge is 2.17. The fraction of sp³-hybridized carbons (Fsp3) is 0.500. The molecule has 92 valence electrons. The predicted octanol–water partition coefficient (Wildman–Crippen LogP) is 3.04. The van der Waals surface area contributed by atoms with Crippen LogP contribution in [0.5, 0.6) is 5.75 Å². The second-order valence-corrected chi connectivity index (χ2v) is 4.77. The second-order valence-electron chi connectivity index (χ2n) is 4.77. The molecule has 0 aliphatic heterocycles. The predicted molar refractivity (Wildman–Crippen MR) is 68.3 cm³/mol. The SMILES string of the molecule is CC(=O)c1cc(N)ccc1OCC1CCCC1. The van der Waals surface area contributed by atoms with Crippen molar-refractivity contribution in [1.82, 2.24) is 0 Å². The molecule has 3 heteroatoms. The minimum Gasteiger partial charge on any atom is -0.493 e. The van der Waals surface area contributed by atoms with Gasteiger partial charge in [-0.25, -0.2) is 0 Å². The van der Waals surface area contributed by atoms with Crippen LogP contribution in [0.2, 0.25) is 0 Å². The topological polar surface area (TPSA) is 52.3 Å². The number of Topliss-reactive ketones (excluding diaryl/α,β-unsaturated/α-hetero) is 1. The quantitative estimate of drug-likeness (QED) is 0.642. The summed E-state index contributed by atoms with van der Waals surface area (Å²) in [5.74, 6) is 1.31. The number of hydrogen-bond donors (Lipinski definition) is 1. The smallest absolute Gasteiger partial charge is 0.163 e. The Morgan fingerprint density at radius 1 is 1.41 bits per heavy atom. The summed E-state index contributed by atoms with van der Waals surface area (Å²) in [5.41, 5.74) is 6.86. The Morgan fingerprint density at radius 2 is 2.12 bits per heavy atom. The molecule has 1 aliphatic rings. The summed E-state index contributed by atoms with van der Waals surface area (Å²) >= 11 is 0. The number of benzene rings is 1. The van der Waals surface area contributed by atoms with E-state index < -0.39 is 0 Å². The van der Waals surface area contributed by atoms with Gasteiger partial charge in [0.2, 0.25) is 0 Å². The first-order chi connectivity index (χ1) is 8.16. The van der Waals surface area contributed by atoms with Crippen molar-refractivity contribution in [1.29, 1.82) is 0 Å². The molecule has 1 fully saturated rings. The van der Waals surface area contributed by atoms with Gasteiger partial charge in [0.1, 0.15) is 5.75 Å². The van der Waals surface area contributed by atoms with Crippen molar-refractivity contribution in [2.75, 3.05) is 12.3 Å².